The zero-order valence-electron chi connectivity index (χ0n) is 9.95. The van der Waals surface area contributed by atoms with E-state index < -0.39 is 10.9 Å². The van der Waals surface area contributed by atoms with Crippen molar-refractivity contribution in [3.8, 4) is 11.3 Å². The molecule has 0 saturated carbocycles. The number of carboxylic acids is 1. The minimum atomic E-state index is -1.42. The first kappa shape index (κ1) is 12.7. The molecule has 0 aliphatic heterocycles. The van der Waals surface area contributed by atoms with E-state index in [1.807, 2.05) is 0 Å². The molecule has 98 valence electrons. The second kappa shape index (κ2) is 4.89. The van der Waals surface area contributed by atoms with Gasteiger partial charge in [-0.15, -0.1) is 0 Å². The minimum absolute atomic E-state index is 0.0273. The average Bonchev–Trinajstić information content (AvgIpc) is 2.82. The lowest BCUT2D eigenvalue weighted by Gasteiger charge is -2.03. The van der Waals surface area contributed by atoms with Gasteiger partial charge >= 0.3 is 0 Å². The van der Waals surface area contributed by atoms with Gasteiger partial charge in [-0.2, -0.15) is 0 Å². The summed E-state index contributed by atoms with van der Waals surface area (Å²) in [5.41, 5.74) is 0.210. The van der Waals surface area contributed by atoms with E-state index >= 15 is 0 Å². The van der Waals surface area contributed by atoms with Crippen LogP contribution in [0.4, 0.5) is 5.69 Å². The number of carbonyl (C=O) groups is 1. The summed E-state index contributed by atoms with van der Waals surface area (Å²) in [6.07, 6.45) is 0.363. The smallest absolute Gasteiger partial charge is 0.270 e. The van der Waals surface area contributed by atoms with Crippen molar-refractivity contribution in [2.24, 2.45) is 0 Å². The molecule has 2 rings (SSSR count). The predicted octanol–water partition coefficient (Wildman–Crippen LogP) is 1.18. The van der Waals surface area contributed by atoms with Crippen LogP contribution < -0.4 is 5.11 Å². The van der Waals surface area contributed by atoms with Crippen LogP contribution in [0, 0.1) is 10.1 Å². The SMILES string of the molecule is CCc1noc(-c2cccc([N+](=O)[O-])c2)c1C(=O)[O-]. The standard InChI is InChI=1S/C12H10N2O5/c1-2-9-10(12(15)16)11(19-13-9)7-4-3-5-8(6-7)14(17)18/h3-6H,2H2,1H3,(H,15,16)/p-1. The first-order valence-corrected chi connectivity index (χ1v) is 5.49. The molecule has 0 fully saturated rings. The molecule has 0 radical (unpaired) electrons. The molecule has 19 heavy (non-hydrogen) atoms. The number of benzene rings is 1. The van der Waals surface area contributed by atoms with Gasteiger partial charge in [0.1, 0.15) is 0 Å². The number of carbonyl (C=O) groups excluding carboxylic acids is 1. The number of nitro benzene ring substituents is 1. The Kier molecular flexibility index (Phi) is 3.28. The molecule has 1 aromatic heterocycles. The Balaban J connectivity index is 2.59. The zero-order chi connectivity index (χ0) is 14.0. The Labute approximate surface area is 107 Å². The average molecular weight is 261 g/mol. The number of non-ortho nitro benzene ring substituents is 1. The Morgan fingerprint density at radius 3 is 2.79 bits per heavy atom. The number of nitrogens with zero attached hydrogens (tertiary/aromatic N) is 2. The van der Waals surface area contributed by atoms with Gasteiger partial charge in [-0.25, -0.2) is 0 Å². The first-order valence-electron chi connectivity index (χ1n) is 5.49. The fraction of sp³-hybridized carbons (Fsp3) is 0.167. The van der Waals surface area contributed by atoms with Crippen LogP contribution in [0.2, 0.25) is 0 Å². The number of carboxylic acid groups (broad SMARTS) is 1. The highest BCUT2D eigenvalue weighted by Gasteiger charge is 2.19. The van der Waals surface area contributed by atoms with Gasteiger partial charge in [-0.1, -0.05) is 24.2 Å². The van der Waals surface area contributed by atoms with Crippen molar-refractivity contribution in [3.63, 3.8) is 0 Å². The van der Waals surface area contributed by atoms with E-state index in [1.54, 1.807) is 6.92 Å². The fourth-order valence-corrected chi connectivity index (χ4v) is 1.73. The highest BCUT2D eigenvalue weighted by Crippen LogP contribution is 2.28. The van der Waals surface area contributed by atoms with E-state index in [0.717, 1.165) is 0 Å². The summed E-state index contributed by atoms with van der Waals surface area (Å²) < 4.78 is 4.98. The van der Waals surface area contributed by atoms with Crippen LogP contribution in [-0.2, 0) is 6.42 Å². The maximum absolute atomic E-state index is 11.1. The fourth-order valence-electron chi connectivity index (χ4n) is 1.73. The van der Waals surface area contributed by atoms with Gasteiger partial charge < -0.3 is 14.4 Å². The van der Waals surface area contributed by atoms with Crippen LogP contribution in [0.5, 0.6) is 0 Å². The zero-order valence-corrected chi connectivity index (χ0v) is 9.95. The van der Waals surface area contributed by atoms with Gasteiger partial charge in [0, 0.05) is 17.7 Å². The summed E-state index contributed by atoms with van der Waals surface area (Å²) in [5.74, 6) is -1.44. The highest BCUT2D eigenvalue weighted by atomic mass is 16.6. The lowest BCUT2D eigenvalue weighted by molar-refractivity contribution is -0.384. The van der Waals surface area contributed by atoms with Crippen molar-refractivity contribution >= 4 is 11.7 Å². The molecule has 0 bridgehead atoms. The molecule has 0 amide bonds. The molecule has 0 aliphatic rings. The molecule has 0 unspecified atom stereocenters. The quantitative estimate of drug-likeness (QED) is 0.603. The number of rotatable bonds is 4. The molecule has 0 atom stereocenters. The third-order valence-corrected chi connectivity index (χ3v) is 2.62. The normalized spacial score (nSPS) is 10.4. The van der Waals surface area contributed by atoms with Crippen molar-refractivity contribution in [1.82, 2.24) is 5.16 Å². The van der Waals surface area contributed by atoms with E-state index in [0.29, 0.717) is 6.42 Å². The van der Waals surface area contributed by atoms with Crippen molar-refractivity contribution < 1.29 is 19.3 Å². The van der Waals surface area contributed by atoms with Crippen LogP contribution in [0.3, 0.4) is 0 Å². The highest BCUT2D eigenvalue weighted by molar-refractivity contribution is 5.94. The number of hydrogen-bond acceptors (Lipinski definition) is 6. The summed E-state index contributed by atoms with van der Waals surface area (Å²) in [6.45, 7) is 1.72. The van der Waals surface area contributed by atoms with Crippen molar-refractivity contribution in [3.05, 3.63) is 45.6 Å². The van der Waals surface area contributed by atoms with E-state index in [9.17, 15) is 20.0 Å². The lowest BCUT2D eigenvalue weighted by atomic mass is 10.1. The summed E-state index contributed by atoms with van der Waals surface area (Å²) in [6, 6.07) is 5.49. The Morgan fingerprint density at radius 1 is 1.47 bits per heavy atom. The number of aromatic carboxylic acids is 1. The van der Waals surface area contributed by atoms with Gasteiger partial charge in [0.05, 0.1) is 22.1 Å². The number of nitro groups is 1. The van der Waals surface area contributed by atoms with E-state index in [-0.39, 0.29) is 28.3 Å². The van der Waals surface area contributed by atoms with Crippen LogP contribution in [0.15, 0.2) is 28.8 Å². The molecule has 0 spiro atoms. The maximum Gasteiger partial charge on any atom is 0.270 e. The molecular formula is C12H9N2O5-. The maximum atomic E-state index is 11.1. The van der Waals surface area contributed by atoms with E-state index in [1.165, 1.54) is 24.3 Å². The molecule has 0 aliphatic carbocycles. The number of hydrogen-bond donors (Lipinski definition) is 0. The molecule has 2 aromatic rings. The molecule has 7 nitrogen and oxygen atoms in total. The molecule has 7 heteroatoms. The third kappa shape index (κ3) is 2.30. The third-order valence-electron chi connectivity index (χ3n) is 2.62. The largest absolute Gasteiger partial charge is 0.545 e. The summed E-state index contributed by atoms with van der Waals surface area (Å²) >= 11 is 0. The Morgan fingerprint density at radius 2 is 2.21 bits per heavy atom. The molecule has 0 N–H and O–H groups in total. The summed E-state index contributed by atoms with van der Waals surface area (Å²) in [7, 11) is 0. The van der Waals surface area contributed by atoms with Gasteiger partial charge in [-0.3, -0.25) is 10.1 Å². The van der Waals surface area contributed by atoms with Gasteiger partial charge in [0.25, 0.3) is 5.69 Å². The summed E-state index contributed by atoms with van der Waals surface area (Å²) in [5, 5.41) is 25.4. The second-order valence-corrected chi connectivity index (χ2v) is 3.78. The van der Waals surface area contributed by atoms with Crippen LogP contribution in [0.25, 0.3) is 11.3 Å². The molecule has 1 heterocycles. The Hall–Kier alpha value is -2.70. The van der Waals surface area contributed by atoms with Crippen molar-refractivity contribution in [1.29, 1.82) is 0 Å². The van der Waals surface area contributed by atoms with Crippen molar-refractivity contribution in [2.75, 3.05) is 0 Å². The summed E-state index contributed by atoms with van der Waals surface area (Å²) in [4.78, 5) is 21.2. The van der Waals surface area contributed by atoms with Crippen LogP contribution >= 0.6 is 0 Å². The predicted molar refractivity (Wildman–Crippen MR) is 62.3 cm³/mol. The van der Waals surface area contributed by atoms with E-state index in [2.05, 4.69) is 5.16 Å². The molecule has 0 saturated heterocycles. The monoisotopic (exact) mass is 261 g/mol. The minimum Gasteiger partial charge on any atom is -0.545 e. The van der Waals surface area contributed by atoms with E-state index in [4.69, 9.17) is 4.52 Å². The van der Waals surface area contributed by atoms with Gasteiger partial charge in [0.15, 0.2) is 5.76 Å². The van der Waals surface area contributed by atoms with Crippen LogP contribution in [0.1, 0.15) is 23.0 Å². The van der Waals surface area contributed by atoms with Gasteiger partial charge in [-0.05, 0) is 6.42 Å². The topological polar surface area (TPSA) is 109 Å². The molecule has 1 aromatic carbocycles. The number of aryl methyl sites for hydroxylation is 1. The number of aromatic nitrogens is 1. The lowest BCUT2D eigenvalue weighted by Crippen LogP contribution is -2.23. The second-order valence-electron chi connectivity index (χ2n) is 3.78. The van der Waals surface area contributed by atoms with Gasteiger partial charge in [0.2, 0.25) is 0 Å². The van der Waals surface area contributed by atoms with Crippen LogP contribution in [-0.4, -0.2) is 16.0 Å². The molecular weight excluding hydrogens is 252 g/mol. The Bertz CT molecular complexity index is 647. The van der Waals surface area contributed by atoms with Crippen molar-refractivity contribution in [2.45, 2.75) is 13.3 Å². The first-order chi connectivity index (χ1) is 9.04.